The Balaban J connectivity index is 2.21. The highest BCUT2D eigenvalue weighted by Gasteiger charge is 2.36. The van der Waals surface area contributed by atoms with Crippen LogP contribution >= 0.6 is 0 Å². The molecule has 1 saturated carbocycles. The monoisotopic (exact) mass is 148 g/mol. The van der Waals surface area contributed by atoms with E-state index in [4.69, 9.17) is 0 Å². The third-order valence-electron chi connectivity index (χ3n) is 2.90. The van der Waals surface area contributed by atoms with E-state index in [1.165, 1.54) is 19.3 Å². The molecule has 0 heteroatoms. The molecule has 60 valence electrons. The summed E-state index contributed by atoms with van der Waals surface area (Å²) in [5.41, 5.74) is 3.23. The Labute approximate surface area is 69.0 Å². The minimum Gasteiger partial charge on any atom is -0.0773 e. The second kappa shape index (κ2) is 2.51. The van der Waals surface area contributed by atoms with Gasteiger partial charge in [0.05, 0.1) is 0 Å². The number of rotatable bonds is 2. The van der Waals surface area contributed by atoms with Crippen LogP contribution in [0.3, 0.4) is 0 Å². The van der Waals surface area contributed by atoms with Gasteiger partial charge in [-0.15, -0.1) is 0 Å². The standard InChI is InChI=1S/C11H16/c1-3-8-5-10-7-11(10)6-9(8)4-2/h5-6,10-11H,3-4,7H2,1-2H3. The SMILES string of the molecule is CCC1=CC2CC2C=C1CC. The molecule has 2 atom stereocenters. The lowest BCUT2D eigenvalue weighted by Gasteiger charge is -2.12. The first kappa shape index (κ1) is 7.15. The third kappa shape index (κ3) is 1.15. The second-order valence-electron chi connectivity index (χ2n) is 3.65. The van der Waals surface area contributed by atoms with Gasteiger partial charge in [0.25, 0.3) is 0 Å². The van der Waals surface area contributed by atoms with Crippen LogP contribution in [0.15, 0.2) is 23.3 Å². The summed E-state index contributed by atoms with van der Waals surface area (Å²) >= 11 is 0. The lowest BCUT2D eigenvalue weighted by molar-refractivity contribution is 0.887. The van der Waals surface area contributed by atoms with E-state index >= 15 is 0 Å². The molecule has 0 spiro atoms. The molecule has 0 aliphatic heterocycles. The highest BCUT2D eigenvalue weighted by Crippen LogP contribution is 2.47. The van der Waals surface area contributed by atoms with Crippen LogP contribution in [0.5, 0.6) is 0 Å². The Kier molecular flexibility index (Phi) is 1.63. The maximum absolute atomic E-state index is 2.50. The molecule has 2 unspecified atom stereocenters. The first-order valence-electron chi connectivity index (χ1n) is 4.77. The van der Waals surface area contributed by atoms with E-state index in [0.29, 0.717) is 0 Å². The largest absolute Gasteiger partial charge is 0.0773 e. The normalized spacial score (nSPS) is 34.0. The highest BCUT2D eigenvalue weighted by molar-refractivity contribution is 5.38. The molecule has 0 heterocycles. The predicted octanol–water partition coefficient (Wildman–Crippen LogP) is 3.31. The van der Waals surface area contributed by atoms with Gasteiger partial charge in [0.2, 0.25) is 0 Å². The lowest BCUT2D eigenvalue weighted by Crippen LogP contribution is -1.94. The zero-order chi connectivity index (χ0) is 7.84. The van der Waals surface area contributed by atoms with Gasteiger partial charge in [-0.3, -0.25) is 0 Å². The molecule has 2 aliphatic carbocycles. The predicted molar refractivity (Wildman–Crippen MR) is 48.3 cm³/mol. The zero-order valence-electron chi connectivity index (χ0n) is 7.43. The molecule has 11 heavy (non-hydrogen) atoms. The van der Waals surface area contributed by atoms with Crippen molar-refractivity contribution in [1.29, 1.82) is 0 Å². The molecule has 0 aromatic rings. The van der Waals surface area contributed by atoms with Gasteiger partial charge in [-0.25, -0.2) is 0 Å². The summed E-state index contributed by atoms with van der Waals surface area (Å²) in [4.78, 5) is 0. The summed E-state index contributed by atoms with van der Waals surface area (Å²) < 4.78 is 0. The van der Waals surface area contributed by atoms with Crippen molar-refractivity contribution in [3.05, 3.63) is 23.3 Å². The summed E-state index contributed by atoms with van der Waals surface area (Å²) in [6.45, 7) is 4.52. The van der Waals surface area contributed by atoms with Crippen LogP contribution in [-0.4, -0.2) is 0 Å². The minimum absolute atomic E-state index is 0.931. The van der Waals surface area contributed by atoms with Crippen molar-refractivity contribution < 1.29 is 0 Å². The van der Waals surface area contributed by atoms with Gasteiger partial charge in [0.15, 0.2) is 0 Å². The molecule has 0 amide bonds. The summed E-state index contributed by atoms with van der Waals surface area (Å²) in [6.07, 6.45) is 8.88. The van der Waals surface area contributed by atoms with Gasteiger partial charge in [-0.2, -0.15) is 0 Å². The van der Waals surface area contributed by atoms with E-state index in [9.17, 15) is 0 Å². The fourth-order valence-electron chi connectivity index (χ4n) is 2.04. The Bertz CT molecular complexity index is 196. The van der Waals surface area contributed by atoms with Gasteiger partial charge < -0.3 is 0 Å². The Morgan fingerprint density at radius 3 is 1.91 bits per heavy atom. The van der Waals surface area contributed by atoms with Crippen LogP contribution in [-0.2, 0) is 0 Å². The molecular weight excluding hydrogens is 132 g/mol. The molecule has 0 saturated heterocycles. The third-order valence-corrected chi connectivity index (χ3v) is 2.90. The van der Waals surface area contributed by atoms with E-state index in [2.05, 4.69) is 26.0 Å². The molecule has 2 rings (SSSR count). The quantitative estimate of drug-likeness (QED) is 0.563. The van der Waals surface area contributed by atoms with Crippen molar-refractivity contribution in [2.75, 3.05) is 0 Å². The van der Waals surface area contributed by atoms with Crippen LogP contribution in [0.1, 0.15) is 33.1 Å². The average molecular weight is 148 g/mol. The van der Waals surface area contributed by atoms with Crippen LogP contribution in [0.4, 0.5) is 0 Å². The van der Waals surface area contributed by atoms with Gasteiger partial charge in [-0.05, 0) is 42.2 Å². The number of allylic oxidation sites excluding steroid dienone is 4. The summed E-state index contributed by atoms with van der Waals surface area (Å²) in [5.74, 6) is 1.86. The Hall–Kier alpha value is -0.520. The first-order valence-corrected chi connectivity index (χ1v) is 4.77. The molecule has 0 aromatic heterocycles. The van der Waals surface area contributed by atoms with Gasteiger partial charge >= 0.3 is 0 Å². The van der Waals surface area contributed by atoms with Crippen molar-refractivity contribution in [2.24, 2.45) is 11.8 Å². The topological polar surface area (TPSA) is 0 Å². The van der Waals surface area contributed by atoms with Crippen molar-refractivity contribution in [3.63, 3.8) is 0 Å². The molecule has 1 fully saturated rings. The zero-order valence-corrected chi connectivity index (χ0v) is 7.43. The van der Waals surface area contributed by atoms with E-state index in [1.54, 1.807) is 11.1 Å². The first-order chi connectivity index (χ1) is 5.35. The van der Waals surface area contributed by atoms with Crippen LogP contribution in [0.25, 0.3) is 0 Å². The molecule has 0 bridgehead atoms. The van der Waals surface area contributed by atoms with Gasteiger partial charge in [0.1, 0.15) is 0 Å². The van der Waals surface area contributed by atoms with Crippen molar-refractivity contribution in [1.82, 2.24) is 0 Å². The van der Waals surface area contributed by atoms with E-state index in [0.717, 1.165) is 11.8 Å². The smallest absolute Gasteiger partial charge is 0.0158 e. The Morgan fingerprint density at radius 2 is 1.55 bits per heavy atom. The van der Waals surface area contributed by atoms with E-state index < -0.39 is 0 Å². The number of fused-ring (bicyclic) bond motifs is 1. The summed E-state index contributed by atoms with van der Waals surface area (Å²) in [6, 6.07) is 0. The number of hydrogen-bond donors (Lipinski definition) is 0. The summed E-state index contributed by atoms with van der Waals surface area (Å²) in [7, 11) is 0. The lowest BCUT2D eigenvalue weighted by atomic mass is 9.94. The number of hydrogen-bond acceptors (Lipinski definition) is 0. The maximum Gasteiger partial charge on any atom is -0.0158 e. The molecule has 0 aromatic carbocycles. The highest BCUT2D eigenvalue weighted by atomic mass is 14.4. The molecule has 0 radical (unpaired) electrons. The van der Waals surface area contributed by atoms with E-state index in [1.807, 2.05) is 0 Å². The Morgan fingerprint density at radius 1 is 1.09 bits per heavy atom. The van der Waals surface area contributed by atoms with Crippen molar-refractivity contribution in [3.8, 4) is 0 Å². The van der Waals surface area contributed by atoms with Crippen molar-refractivity contribution in [2.45, 2.75) is 33.1 Å². The van der Waals surface area contributed by atoms with E-state index in [-0.39, 0.29) is 0 Å². The maximum atomic E-state index is 2.50. The van der Waals surface area contributed by atoms with Crippen LogP contribution < -0.4 is 0 Å². The van der Waals surface area contributed by atoms with Gasteiger partial charge in [0, 0.05) is 0 Å². The molecule has 2 aliphatic rings. The van der Waals surface area contributed by atoms with Gasteiger partial charge in [-0.1, -0.05) is 26.0 Å². The molecular formula is C11H16. The van der Waals surface area contributed by atoms with Crippen LogP contribution in [0.2, 0.25) is 0 Å². The minimum atomic E-state index is 0.931. The fourth-order valence-corrected chi connectivity index (χ4v) is 2.04. The van der Waals surface area contributed by atoms with Crippen LogP contribution in [0, 0.1) is 11.8 Å². The second-order valence-corrected chi connectivity index (χ2v) is 3.65. The fraction of sp³-hybridized carbons (Fsp3) is 0.636. The van der Waals surface area contributed by atoms with Crippen molar-refractivity contribution >= 4 is 0 Å². The molecule has 0 N–H and O–H groups in total. The summed E-state index contributed by atoms with van der Waals surface area (Å²) in [5, 5.41) is 0. The molecule has 0 nitrogen and oxygen atoms in total. The average Bonchev–Trinajstić information content (AvgIpc) is 2.79.